The van der Waals surface area contributed by atoms with Gasteiger partial charge in [-0.15, -0.1) is 0 Å². The summed E-state index contributed by atoms with van der Waals surface area (Å²) in [4.78, 5) is 13.7. The lowest BCUT2D eigenvalue weighted by Gasteiger charge is -2.35. The maximum absolute atomic E-state index is 13.1. The standard InChI is InChI=1S/C20H26ClN5O4S/c1-15-13-19(23-20(22-15)25-9-11-30-12-10-25)24-5-7-26(8-6-24)31(27,28)16-3-4-18(29-2)17(21)14-16/h3-4,13-14H,5-12H2,1-2H3. The van der Waals surface area contributed by atoms with Gasteiger partial charge in [-0.2, -0.15) is 9.29 Å². The number of nitrogens with zero attached hydrogens (tertiary/aromatic N) is 5. The zero-order chi connectivity index (χ0) is 22.0. The molecule has 0 amide bonds. The van der Waals surface area contributed by atoms with Crippen molar-refractivity contribution in [2.45, 2.75) is 11.8 Å². The molecule has 1 aromatic carbocycles. The number of aryl methyl sites for hydroxylation is 1. The molecular formula is C20H26ClN5O4S. The predicted molar refractivity (Wildman–Crippen MR) is 119 cm³/mol. The molecule has 0 saturated carbocycles. The van der Waals surface area contributed by atoms with Crippen molar-refractivity contribution in [3.63, 3.8) is 0 Å². The number of anilines is 2. The topological polar surface area (TPSA) is 88.1 Å². The van der Waals surface area contributed by atoms with Crippen molar-refractivity contribution < 1.29 is 17.9 Å². The molecule has 2 aliphatic rings. The third-order valence-electron chi connectivity index (χ3n) is 5.45. The summed E-state index contributed by atoms with van der Waals surface area (Å²) >= 11 is 6.13. The summed E-state index contributed by atoms with van der Waals surface area (Å²) in [5.74, 6) is 1.96. The first-order valence-electron chi connectivity index (χ1n) is 10.2. The summed E-state index contributed by atoms with van der Waals surface area (Å²) < 4.78 is 38.1. The molecule has 2 aromatic rings. The van der Waals surface area contributed by atoms with E-state index in [1.165, 1.54) is 23.5 Å². The fourth-order valence-electron chi connectivity index (χ4n) is 3.72. The molecule has 11 heteroatoms. The molecule has 0 unspecified atom stereocenters. The van der Waals surface area contributed by atoms with Crippen LogP contribution in [-0.2, 0) is 14.8 Å². The molecule has 0 bridgehead atoms. The third kappa shape index (κ3) is 4.72. The maximum Gasteiger partial charge on any atom is 0.243 e. The molecule has 4 rings (SSSR count). The number of halogens is 1. The molecule has 168 valence electrons. The van der Waals surface area contributed by atoms with Gasteiger partial charge in [0.05, 0.1) is 30.2 Å². The summed E-state index contributed by atoms with van der Waals surface area (Å²) in [5.41, 5.74) is 0.884. The second kappa shape index (κ2) is 9.15. The van der Waals surface area contributed by atoms with E-state index in [0.29, 0.717) is 51.1 Å². The molecule has 0 atom stereocenters. The Kier molecular flexibility index (Phi) is 6.52. The van der Waals surface area contributed by atoms with Crippen LogP contribution in [-0.4, -0.2) is 82.3 Å². The molecule has 9 nitrogen and oxygen atoms in total. The van der Waals surface area contributed by atoms with Gasteiger partial charge in [-0.3, -0.25) is 0 Å². The van der Waals surface area contributed by atoms with Crippen LogP contribution >= 0.6 is 11.6 Å². The van der Waals surface area contributed by atoms with E-state index < -0.39 is 10.0 Å². The third-order valence-corrected chi connectivity index (χ3v) is 7.64. The molecule has 3 heterocycles. The van der Waals surface area contributed by atoms with Gasteiger partial charge in [-0.25, -0.2) is 13.4 Å². The number of sulfonamides is 1. The predicted octanol–water partition coefficient (Wildman–Crippen LogP) is 1.79. The molecule has 0 aliphatic carbocycles. The van der Waals surface area contributed by atoms with Crippen molar-refractivity contribution in [2.75, 3.05) is 69.4 Å². The lowest BCUT2D eigenvalue weighted by Crippen LogP contribution is -2.49. The average Bonchev–Trinajstić information content (AvgIpc) is 2.79. The smallest absolute Gasteiger partial charge is 0.243 e. The number of piperazine rings is 1. The van der Waals surface area contributed by atoms with Crippen LogP contribution in [0.4, 0.5) is 11.8 Å². The highest BCUT2D eigenvalue weighted by molar-refractivity contribution is 7.89. The summed E-state index contributed by atoms with van der Waals surface area (Å²) in [6.45, 7) is 6.62. The highest BCUT2D eigenvalue weighted by atomic mass is 35.5. The minimum absolute atomic E-state index is 0.166. The normalized spacial score (nSPS) is 18.3. The van der Waals surface area contributed by atoms with Gasteiger partial charge in [0, 0.05) is 51.0 Å². The average molecular weight is 468 g/mol. The summed E-state index contributed by atoms with van der Waals surface area (Å²) in [6.07, 6.45) is 0. The number of aromatic nitrogens is 2. The Labute approximate surface area is 187 Å². The Morgan fingerprint density at radius 3 is 2.35 bits per heavy atom. The first-order valence-corrected chi connectivity index (χ1v) is 12.0. The van der Waals surface area contributed by atoms with Crippen LogP contribution in [0.2, 0.25) is 5.02 Å². The molecule has 2 fully saturated rings. The van der Waals surface area contributed by atoms with Crippen LogP contribution in [0, 0.1) is 6.92 Å². The Morgan fingerprint density at radius 2 is 1.71 bits per heavy atom. The summed E-state index contributed by atoms with van der Waals surface area (Å²) in [5, 5.41) is 0.273. The van der Waals surface area contributed by atoms with Crippen molar-refractivity contribution in [3.05, 3.63) is 35.0 Å². The zero-order valence-corrected chi connectivity index (χ0v) is 19.2. The number of benzene rings is 1. The Bertz CT molecular complexity index is 1040. The zero-order valence-electron chi connectivity index (χ0n) is 17.6. The van der Waals surface area contributed by atoms with Crippen molar-refractivity contribution in [1.29, 1.82) is 0 Å². The molecule has 2 saturated heterocycles. The minimum Gasteiger partial charge on any atom is -0.495 e. The van der Waals surface area contributed by atoms with E-state index in [2.05, 4.69) is 14.8 Å². The van der Waals surface area contributed by atoms with Gasteiger partial charge in [-0.1, -0.05) is 11.6 Å². The lowest BCUT2D eigenvalue weighted by atomic mass is 10.3. The highest BCUT2D eigenvalue weighted by Crippen LogP contribution is 2.29. The van der Waals surface area contributed by atoms with E-state index in [9.17, 15) is 8.42 Å². The second-order valence-electron chi connectivity index (χ2n) is 7.45. The molecule has 0 radical (unpaired) electrons. The first kappa shape index (κ1) is 22.1. The largest absolute Gasteiger partial charge is 0.495 e. The Morgan fingerprint density at radius 1 is 1.00 bits per heavy atom. The molecule has 1 aromatic heterocycles. The SMILES string of the molecule is COc1ccc(S(=O)(=O)N2CCN(c3cc(C)nc(N4CCOCC4)n3)CC2)cc1Cl. The molecule has 2 aliphatic heterocycles. The van der Waals surface area contributed by atoms with Crippen LogP contribution < -0.4 is 14.5 Å². The lowest BCUT2D eigenvalue weighted by molar-refractivity contribution is 0.122. The number of ether oxygens (including phenoxy) is 2. The van der Waals surface area contributed by atoms with E-state index in [0.717, 1.165) is 24.6 Å². The van der Waals surface area contributed by atoms with Crippen molar-refractivity contribution in [1.82, 2.24) is 14.3 Å². The van der Waals surface area contributed by atoms with Crippen molar-refractivity contribution in [3.8, 4) is 5.75 Å². The van der Waals surface area contributed by atoms with Gasteiger partial charge in [-0.05, 0) is 25.1 Å². The van der Waals surface area contributed by atoms with Gasteiger partial charge < -0.3 is 19.3 Å². The minimum atomic E-state index is -3.64. The quantitative estimate of drug-likeness (QED) is 0.657. The number of morpholine rings is 1. The Hall–Kier alpha value is -2.14. The van der Waals surface area contributed by atoms with Crippen LogP contribution in [0.15, 0.2) is 29.2 Å². The fraction of sp³-hybridized carbons (Fsp3) is 0.500. The van der Waals surface area contributed by atoms with Gasteiger partial charge in [0.2, 0.25) is 16.0 Å². The van der Waals surface area contributed by atoms with Gasteiger partial charge in [0.15, 0.2) is 0 Å². The number of methoxy groups -OCH3 is 1. The van der Waals surface area contributed by atoms with Crippen LogP contribution in [0.25, 0.3) is 0 Å². The van der Waals surface area contributed by atoms with Gasteiger partial charge in [0.1, 0.15) is 11.6 Å². The summed E-state index contributed by atoms with van der Waals surface area (Å²) in [6, 6.07) is 6.47. The van der Waals surface area contributed by atoms with Crippen LogP contribution in [0.1, 0.15) is 5.69 Å². The van der Waals surface area contributed by atoms with Crippen molar-refractivity contribution >= 4 is 33.4 Å². The monoisotopic (exact) mass is 467 g/mol. The van der Waals surface area contributed by atoms with E-state index in [1.54, 1.807) is 6.07 Å². The second-order valence-corrected chi connectivity index (χ2v) is 9.80. The maximum atomic E-state index is 13.1. The molecule has 31 heavy (non-hydrogen) atoms. The van der Waals surface area contributed by atoms with E-state index in [4.69, 9.17) is 26.1 Å². The highest BCUT2D eigenvalue weighted by Gasteiger charge is 2.30. The molecule has 0 N–H and O–H groups in total. The van der Waals surface area contributed by atoms with E-state index in [-0.39, 0.29) is 9.92 Å². The number of hydrogen-bond donors (Lipinski definition) is 0. The molecular weight excluding hydrogens is 442 g/mol. The van der Waals surface area contributed by atoms with Crippen LogP contribution in [0.3, 0.4) is 0 Å². The fourth-order valence-corrected chi connectivity index (χ4v) is 5.49. The molecule has 0 spiro atoms. The number of rotatable bonds is 5. The van der Waals surface area contributed by atoms with Crippen LogP contribution in [0.5, 0.6) is 5.75 Å². The van der Waals surface area contributed by atoms with Gasteiger partial charge >= 0.3 is 0 Å². The van der Waals surface area contributed by atoms with Gasteiger partial charge in [0.25, 0.3) is 0 Å². The summed E-state index contributed by atoms with van der Waals surface area (Å²) in [7, 11) is -2.14. The van der Waals surface area contributed by atoms with Crippen molar-refractivity contribution in [2.24, 2.45) is 0 Å². The first-order chi connectivity index (χ1) is 14.9. The van der Waals surface area contributed by atoms with E-state index >= 15 is 0 Å². The number of hydrogen-bond acceptors (Lipinski definition) is 8. The Balaban J connectivity index is 1.47. The van der Waals surface area contributed by atoms with E-state index in [1.807, 2.05) is 13.0 Å².